The van der Waals surface area contributed by atoms with Crippen LogP contribution in [0.25, 0.3) is 10.9 Å². The van der Waals surface area contributed by atoms with Crippen LogP contribution in [0.3, 0.4) is 0 Å². The predicted molar refractivity (Wildman–Crippen MR) is 90.9 cm³/mol. The van der Waals surface area contributed by atoms with Gasteiger partial charge in [-0.1, -0.05) is 34.1 Å². The fourth-order valence-corrected chi connectivity index (χ4v) is 2.94. The zero-order valence-electron chi connectivity index (χ0n) is 12.1. The lowest BCUT2D eigenvalue weighted by Gasteiger charge is -2.11. The molecule has 0 fully saturated rings. The van der Waals surface area contributed by atoms with Gasteiger partial charge >= 0.3 is 0 Å². The van der Waals surface area contributed by atoms with Crippen LogP contribution in [0, 0.1) is 0 Å². The number of hydrogen-bond acceptors (Lipinski definition) is 2. The Bertz CT molecular complexity index is 780. The van der Waals surface area contributed by atoms with Crippen molar-refractivity contribution in [1.29, 1.82) is 0 Å². The van der Waals surface area contributed by atoms with Crippen molar-refractivity contribution in [3.63, 3.8) is 0 Å². The molecule has 108 valence electrons. The second-order valence-electron chi connectivity index (χ2n) is 4.98. The fraction of sp³-hybridized carbons (Fsp3) is 0.176. The molecule has 0 aliphatic heterocycles. The normalized spacial score (nSPS) is 10.8. The van der Waals surface area contributed by atoms with Crippen molar-refractivity contribution >= 4 is 32.5 Å². The van der Waals surface area contributed by atoms with Gasteiger partial charge in [-0.3, -0.25) is 0 Å². The number of rotatable bonds is 4. The highest BCUT2D eigenvalue weighted by Crippen LogP contribution is 2.29. The minimum atomic E-state index is 0.758. The third-order valence-corrected chi connectivity index (χ3v) is 4.10. The molecule has 0 saturated heterocycles. The molecule has 0 atom stereocenters. The molecular formula is C17H17BrN2O. The smallest absolute Gasteiger partial charge is 0.142 e. The largest absolute Gasteiger partial charge is 0.495 e. The first kappa shape index (κ1) is 14.0. The minimum Gasteiger partial charge on any atom is -0.495 e. The molecule has 3 nitrogen and oxygen atoms in total. The summed E-state index contributed by atoms with van der Waals surface area (Å²) in [6.07, 6.45) is 2.17. The first-order valence-corrected chi connectivity index (χ1v) is 7.58. The van der Waals surface area contributed by atoms with Gasteiger partial charge in [-0.05, 0) is 29.8 Å². The molecule has 0 unspecified atom stereocenters. The van der Waals surface area contributed by atoms with E-state index in [0.29, 0.717) is 0 Å². The van der Waals surface area contributed by atoms with Crippen molar-refractivity contribution < 1.29 is 4.74 Å². The van der Waals surface area contributed by atoms with Gasteiger partial charge in [0, 0.05) is 35.2 Å². The van der Waals surface area contributed by atoms with Gasteiger partial charge in [0.1, 0.15) is 5.75 Å². The maximum atomic E-state index is 5.39. The highest BCUT2D eigenvalue weighted by Gasteiger charge is 2.08. The van der Waals surface area contributed by atoms with Crippen LogP contribution in [-0.2, 0) is 13.6 Å². The van der Waals surface area contributed by atoms with Gasteiger partial charge in [0.25, 0.3) is 0 Å². The first-order valence-electron chi connectivity index (χ1n) is 6.79. The summed E-state index contributed by atoms with van der Waals surface area (Å²) in [7, 11) is 3.76. The molecule has 3 aromatic rings. The molecule has 4 heteroatoms. The van der Waals surface area contributed by atoms with E-state index in [-0.39, 0.29) is 0 Å². The van der Waals surface area contributed by atoms with Crippen LogP contribution in [0.5, 0.6) is 5.75 Å². The highest BCUT2D eigenvalue weighted by atomic mass is 79.9. The summed E-state index contributed by atoms with van der Waals surface area (Å²) in [5.74, 6) is 0.846. The first-order chi connectivity index (χ1) is 10.2. The number of aryl methyl sites for hydroxylation is 1. The molecule has 21 heavy (non-hydrogen) atoms. The summed E-state index contributed by atoms with van der Waals surface area (Å²) < 4.78 is 8.58. The third-order valence-electron chi connectivity index (χ3n) is 3.61. The lowest BCUT2D eigenvalue weighted by molar-refractivity contribution is 0.416. The number of anilines is 1. The monoisotopic (exact) mass is 344 g/mol. The Hall–Kier alpha value is -1.94. The van der Waals surface area contributed by atoms with Crippen molar-refractivity contribution in [3.8, 4) is 5.75 Å². The van der Waals surface area contributed by atoms with E-state index in [1.54, 1.807) is 7.11 Å². The number of ether oxygens (including phenoxy) is 1. The predicted octanol–water partition coefficient (Wildman–Crippen LogP) is 4.56. The number of fused-ring (bicyclic) bond motifs is 1. The van der Waals surface area contributed by atoms with Crippen molar-refractivity contribution in [2.75, 3.05) is 12.4 Å². The molecule has 0 aliphatic carbocycles. The summed E-state index contributed by atoms with van der Waals surface area (Å²) in [5.41, 5.74) is 3.51. The molecule has 0 radical (unpaired) electrons. The Kier molecular flexibility index (Phi) is 3.88. The van der Waals surface area contributed by atoms with Gasteiger partial charge in [-0.25, -0.2) is 0 Å². The van der Waals surface area contributed by atoms with Crippen LogP contribution >= 0.6 is 15.9 Å². The van der Waals surface area contributed by atoms with Gasteiger partial charge in [0.15, 0.2) is 0 Å². The molecular weight excluding hydrogens is 328 g/mol. The van der Waals surface area contributed by atoms with Gasteiger partial charge in [0.05, 0.1) is 12.8 Å². The molecule has 0 bridgehead atoms. The van der Waals surface area contributed by atoms with Crippen molar-refractivity contribution in [3.05, 3.63) is 58.7 Å². The molecule has 1 N–H and O–H groups in total. The topological polar surface area (TPSA) is 26.2 Å². The van der Waals surface area contributed by atoms with E-state index in [9.17, 15) is 0 Å². The standard InChI is InChI=1S/C17H17BrN2O/c1-20-11-12(14-5-3-4-6-16(14)20)10-19-15-9-13(18)7-8-17(15)21-2/h3-9,11,19H,10H2,1-2H3. The lowest BCUT2D eigenvalue weighted by atomic mass is 10.1. The third kappa shape index (κ3) is 2.76. The Balaban J connectivity index is 1.89. The van der Waals surface area contributed by atoms with Gasteiger partial charge in [0.2, 0.25) is 0 Å². The highest BCUT2D eigenvalue weighted by molar-refractivity contribution is 9.10. The minimum absolute atomic E-state index is 0.758. The van der Waals surface area contributed by atoms with Crippen LogP contribution < -0.4 is 10.1 Å². The molecule has 3 rings (SSSR count). The molecule has 1 aromatic heterocycles. The fourth-order valence-electron chi connectivity index (χ4n) is 2.58. The Morgan fingerprint density at radius 1 is 1.19 bits per heavy atom. The lowest BCUT2D eigenvalue weighted by Crippen LogP contribution is -2.01. The van der Waals surface area contributed by atoms with Crippen molar-refractivity contribution in [2.45, 2.75) is 6.54 Å². The molecule has 0 spiro atoms. The average Bonchev–Trinajstić information content (AvgIpc) is 2.82. The number of benzene rings is 2. The number of halogens is 1. The summed E-state index contributed by atoms with van der Waals surface area (Å²) in [5, 5.41) is 4.74. The van der Waals surface area contributed by atoms with Crippen LogP contribution in [0.4, 0.5) is 5.69 Å². The Morgan fingerprint density at radius 2 is 2.00 bits per heavy atom. The Labute approximate surface area is 132 Å². The number of nitrogens with one attached hydrogen (secondary N) is 1. The maximum absolute atomic E-state index is 5.39. The zero-order valence-corrected chi connectivity index (χ0v) is 13.6. The van der Waals surface area contributed by atoms with Crippen molar-refractivity contribution in [2.24, 2.45) is 7.05 Å². The number of aromatic nitrogens is 1. The van der Waals surface area contributed by atoms with E-state index >= 15 is 0 Å². The average molecular weight is 345 g/mol. The van der Waals surface area contributed by atoms with E-state index in [1.165, 1.54) is 16.5 Å². The molecule has 0 saturated carbocycles. The van der Waals surface area contributed by atoms with Crippen LogP contribution in [-0.4, -0.2) is 11.7 Å². The van der Waals surface area contributed by atoms with E-state index in [2.05, 4.69) is 63.3 Å². The zero-order chi connectivity index (χ0) is 14.8. The van der Waals surface area contributed by atoms with E-state index in [4.69, 9.17) is 4.74 Å². The molecule has 0 aliphatic rings. The summed E-state index contributed by atoms with van der Waals surface area (Å²) in [6.45, 7) is 0.758. The van der Waals surface area contributed by atoms with Crippen LogP contribution in [0.1, 0.15) is 5.56 Å². The van der Waals surface area contributed by atoms with Crippen LogP contribution in [0.2, 0.25) is 0 Å². The van der Waals surface area contributed by atoms with E-state index in [0.717, 1.165) is 22.5 Å². The second kappa shape index (κ2) is 5.82. The van der Waals surface area contributed by atoms with Gasteiger partial charge in [-0.15, -0.1) is 0 Å². The second-order valence-corrected chi connectivity index (χ2v) is 5.90. The Morgan fingerprint density at radius 3 is 2.81 bits per heavy atom. The quantitative estimate of drug-likeness (QED) is 0.750. The number of hydrogen-bond donors (Lipinski definition) is 1. The van der Waals surface area contributed by atoms with Gasteiger partial charge < -0.3 is 14.6 Å². The summed E-state index contributed by atoms with van der Waals surface area (Å²) in [4.78, 5) is 0. The van der Waals surface area contributed by atoms with Crippen LogP contribution in [0.15, 0.2) is 53.1 Å². The molecule has 1 heterocycles. The van der Waals surface area contributed by atoms with E-state index < -0.39 is 0 Å². The SMILES string of the molecule is COc1ccc(Br)cc1NCc1cn(C)c2ccccc12. The summed E-state index contributed by atoms with van der Waals surface area (Å²) in [6, 6.07) is 14.4. The van der Waals surface area contributed by atoms with Crippen molar-refractivity contribution in [1.82, 2.24) is 4.57 Å². The van der Waals surface area contributed by atoms with Gasteiger partial charge in [-0.2, -0.15) is 0 Å². The molecule has 2 aromatic carbocycles. The summed E-state index contributed by atoms with van der Waals surface area (Å²) >= 11 is 3.50. The molecule has 0 amide bonds. The maximum Gasteiger partial charge on any atom is 0.142 e. The number of nitrogens with zero attached hydrogens (tertiary/aromatic N) is 1. The number of para-hydroxylation sites is 1. The van der Waals surface area contributed by atoms with E-state index in [1.807, 2.05) is 18.2 Å². The number of methoxy groups -OCH3 is 1.